The minimum atomic E-state index is -0.307. The highest BCUT2D eigenvalue weighted by molar-refractivity contribution is 5.84. The van der Waals surface area contributed by atoms with E-state index in [4.69, 9.17) is 71.6 Å². The second-order valence-electron chi connectivity index (χ2n) is 48.8. The molecule has 150 heavy (non-hydrogen) atoms. The van der Waals surface area contributed by atoms with Gasteiger partial charge in [0.05, 0.1) is 19.3 Å². The number of rotatable bonds is 14. The number of hydrazone groups is 8. The van der Waals surface area contributed by atoms with Crippen molar-refractivity contribution in [3.8, 4) is 0 Å². The Hall–Kier alpha value is -11.9. The molecule has 0 amide bonds. The number of guanidine groups is 11. The maximum atomic E-state index is 9.30. The van der Waals surface area contributed by atoms with Crippen LogP contribution in [0.1, 0.15) is 254 Å². The highest BCUT2D eigenvalue weighted by Gasteiger charge is 2.24. The van der Waals surface area contributed by atoms with Gasteiger partial charge in [0, 0.05) is 237 Å². The first-order valence-electron chi connectivity index (χ1n) is 51.1. The molecule has 5 aliphatic heterocycles. The number of ether oxygens (including phenoxy) is 1. The molecule has 5 saturated heterocycles. The van der Waals surface area contributed by atoms with Crippen LogP contribution < -0.4 is 72.3 Å². The third kappa shape index (κ3) is 103. The van der Waals surface area contributed by atoms with Crippen LogP contribution in [0.3, 0.4) is 0 Å². The monoisotopic (exact) mass is 2120 g/mol. The van der Waals surface area contributed by atoms with E-state index in [-0.39, 0.29) is 77.6 Å². The van der Waals surface area contributed by atoms with Crippen molar-refractivity contribution in [1.82, 2.24) is 96.9 Å². The molecule has 5 heterocycles. The Kier molecular flexibility index (Phi) is 75.2. The Bertz CT molecular complexity index is 4010. The van der Waals surface area contributed by atoms with E-state index in [1.54, 1.807) is 84.0 Å². The summed E-state index contributed by atoms with van der Waals surface area (Å²) in [4.78, 5) is 27.0. The minimum absolute atomic E-state index is 0.0117. The van der Waals surface area contributed by atoms with Crippen LogP contribution in [0.15, 0.2) is 81.4 Å². The van der Waals surface area contributed by atoms with Gasteiger partial charge in [-0.15, -0.1) is 15.3 Å². The Morgan fingerprint density at radius 2 is 0.680 bits per heavy atom. The molecule has 0 aromatic rings. The van der Waals surface area contributed by atoms with E-state index >= 15 is 0 Å². The molecule has 5 rings (SSSR count). The molecule has 49 nitrogen and oxygen atoms in total. The molecule has 0 aromatic carbocycles. The number of morpholine rings is 1. The lowest BCUT2D eigenvalue weighted by atomic mass is 9.99. The zero-order valence-electron chi connectivity index (χ0n) is 102. The summed E-state index contributed by atoms with van der Waals surface area (Å²) in [6, 6.07) is 0. The molecule has 0 spiro atoms. The smallest absolute Gasteiger partial charge is 0.216 e. The summed E-state index contributed by atoms with van der Waals surface area (Å²) in [5, 5.41) is 117. The van der Waals surface area contributed by atoms with Crippen molar-refractivity contribution in [2.24, 2.45) is 175 Å². The molecule has 0 aliphatic carbocycles. The van der Waals surface area contributed by atoms with E-state index in [1.165, 1.54) is 19.3 Å². The zero-order chi connectivity index (χ0) is 118. The molecule has 0 saturated carbocycles. The number of piperazine rings is 2. The number of aliphatic hydroxyl groups excluding tert-OH is 1. The number of nitrogens with two attached hydrogens (primary N) is 6. The molecule has 1 unspecified atom stereocenters. The fraction of sp³-hybridized carbons (Fsp3) is 0.782. The van der Waals surface area contributed by atoms with Gasteiger partial charge in [0.2, 0.25) is 65.6 Å². The Morgan fingerprint density at radius 3 is 1.00 bits per heavy atom. The second kappa shape index (κ2) is 75.8. The maximum absolute atomic E-state index is 9.30. The number of aliphatic imine (C=N–C) groups is 2. The zero-order valence-corrected chi connectivity index (χ0v) is 102. The van der Waals surface area contributed by atoms with E-state index in [2.05, 4.69) is 328 Å². The number of likely N-dealkylation sites (N-methyl/N-ethyl adjacent to an activating group) is 3. The number of β-amino-alcohol motifs (C(OH)–C–C–N with tert-alkyl or cyclic N) is 1. The second-order valence-corrected chi connectivity index (χ2v) is 48.8. The van der Waals surface area contributed by atoms with Gasteiger partial charge in [0.25, 0.3) is 0 Å². The molecule has 0 aromatic heterocycles. The van der Waals surface area contributed by atoms with E-state index in [9.17, 15) is 5.11 Å². The first kappa shape index (κ1) is 149. The summed E-state index contributed by atoms with van der Waals surface area (Å²) in [5.74, 6) is 3.77. The van der Waals surface area contributed by atoms with Crippen LogP contribution in [-0.2, 0) is 4.74 Å². The van der Waals surface area contributed by atoms with E-state index in [0.717, 1.165) is 105 Å². The SMILES string of the molecule is CC(C)(C)/C=N/NC(=N)N.CC(C)(C)/C=N/NC(=N)N1CCC(O)C1.CC(C)(C)/C=N/NC(=N)N1CCCCC1.CC(C)(C)/C=N/NC(=N)N1CCNCC1.CC(C)(C)/C=N/NC(=N)N1CCOCC1.CN(C)C(=N)N(C)/N=C/C(C)(C)C.CN(C)C(N)=N/N=C/C(C)(C)C.CN(C)CCN(C)C(N)=N/N=C/C(C)(C)C.CN1CCN(C(N)=N/N=C/C(C)(C)C)CC1.CN=C(N)N(C)/N=C/C(C)(C)C.CN=C(N)N/N=C/C(C)(C)C. The summed E-state index contributed by atoms with van der Waals surface area (Å²) in [6.45, 7) is 83.5. The van der Waals surface area contributed by atoms with Crippen LogP contribution in [0, 0.1) is 92.0 Å². The van der Waals surface area contributed by atoms with Crippen molar-refractivity contribution >= 4 is 134 Å². The van der Waals surface area contributed by atoms with E-state index < -0.39 is 0 Å². The molecular formula is C101H217N47O2. The van der Waals surface area contributed by atoms with Crippen molar-refractivity contribution in [2.45, 2.75) is 260 Å². The average Bonchev–Trinajstić information content (AvgIpc) is 1.63. The molecular weight excluding hydrogens is 1900 g/mol. The predicted octanol–water partition coefficient (Wildman–Crippen LogP) is 9.66. The van der Waals surface area contributed by atoms with Gasteiger partial charge in [0.15, 0.2) is 0 Å². The molecule has 0 radical (unpaired) electrons. The normalized spacial score (nSPS) is 16.5. The van der Waals surface area contributed by atoms with Crippen LogP contribution in [0.25, 0.3) is 0 Å². The third-order valence-electron chi connectivity index (χ3n) is 17.8. The van der Waals surface area contributed by atoms with Crippen LogP contribution in [0.5, 0.6) is 0 Å². The third-order valence-corrected chi connectivity index (χ3v) is 17.8. The largest absolute Gasteiger partial charge is 0.391 e. The van der Waals surface area contributed by atoms with E-state index in [1.807, 2.05) is 148 Å². The van der Waals surface area contributed by atoms with Gasteiger partial charge >= 0.3 is 0 Å². The fourth-order valence-corrected chi connectivity index (χ4v) is 9.39. The van der Waals surface area contributed by atoms with Crippen molar-refractivity contribution in [3.63, 3.8) is 0 Å². The first-order valence-corrected chi connectivity index (χ1v) is 51.1. The molecule has 1 atom stereocenters. The van der Waals surface area contributed by atoms with Crippen LogP contribution >= 0.6 is 0 Å². The van der Waals surface area contributed by atoms with Gasteiger partial charge in [-0.05, 0) is 106 Å². The number of aliphatic hydroxyl groups is 1. The van der Waals surface area contributed by atoms with Gasteiger partial charge in [-0.2, -0.15) is 56.1 Å². The van der Waals surface area contributed by atoms with Gasteiger partial charge < -0.3 is 98.6 Å². The highest BCUT2D eigenvalue weighted by atomic mass is 16.5. The maximum Gasteiger partial charge on any atom is 0.216 e. The molecule has 868 valence electrons. The number of nitrogens with zero attached hydrogens (tertiary/aromatic N) is 28. The van der Waals surface area contributed by atoms with E-state index in [0.29, 0.717) is 73.4 Å². The van der Waals surface area contributed by atoms with Crippen molar-refractivity contribution < 1.29 is 9.84 Å². The lowest BCUT2D eigenvalue weighted by molar-refractivity contribution is 0.0662. The van der Waals surface area contributed by atoms with Gasteiger partial charge in [-0.3, -0.25) is 42.4 Å². The highest BCUT2D eigenvalue weighted by Crippen LogP contribution is 2.17. The first-order chi connectivity index (χ1) is 68.3. The minimum Gasteiger partial charge on any atom is -0.391 e. The van der Waals surface area contributed by atoms with Crippen LogP contribution in [0.2, 0.25) is 0 Å². The summed E-state index contributed by atoms with van der Waals surface area (Å²) in [6.07, 6.45) is 23.9. The number of likely N-dealkylation sites (tertiary alicyclic amines) is 2. The predicted molar refractivity (Wildman–Crippen MR) is 644 cm³/mol. The van der Waals surface area contributed by atoms with Crippen molar-refractivity contribution in [3.05, 3.63) is 0 Å². The van der Waals surface area contributed by atoms with Crippen LogP contribution in [-0.4, -0.2) is 407 Å². The molecule has 5 aliphatic rings. The van der Waals surface area contributed by atoms with Gasteiger partial charge in [-0.1, -0.05) is 228 Å². The van der Waals surface area contributed by atoms with Gasteiger partial charge in [0.1, 0.15) is 0 Å². The summed E-state index contributed by atoms with van der Waals surface area (Å²) in [7, 11) is 22.2. The quantitative estimate of drug-likeness (QED) is 0.0437. The van der Waals surface area contributed by atoms with Crippen LogP contribution in [0.4, 0.5) is 0 Å². The Labute approximate surface area is 906 Å². The molecule has 26 N–H and O–H groups in total. The average molecular weight is 2120 g/mol. The summed E-state index contributed by atoms with van der Waals surface area (Å²) in [5.41, 5.74) is 49.4. The van der Waals surface area contributed by atoms with Gasteiger partial charge in [-0.25, -0.2) is 42.6 Å². The standard InChI is InChI=1S/C11H23N5.C11H25N5.C11H22N4.C10H21N5.2C10H20N4O.C9H20N4.2C8H18N4.C7H16N4.C6H14N4/c1-11(2,3)9-13-14-10(12)16-7-5-15(4)6-8-16;1-11(2,3)9-13-14-10(12)16(6)8-7-15(4)5;1-11(2,3)9-13-14-10(12)15-7-5-4-6-8-15;1-10(2,3)8-13-14-9(11)15-6-4-12-5-7-15;1-10(2,3)8-12-13-9(11)14-4-6-15-7-5-14;1-10(2,3)7-12-13-9(11)14-5-4-8(15)6-14;1-9(2,3)7-11-13(6)8(10)12(4)5;1-8(2,3)6-10-11-7(9)12(4)5;1-8(2,3)6-11-12(5)7(9)10-4;1-7(2,3)5-10-11-6(8)9-4;1-6(2,3)4-9-10-5(7)8/h9H,5-8H2,1-4H3,(H2,12,14);9H,7-8H2,1-6H3,(H2,12,14);9H,4-8H2,1-3H3,(H2,12,14);8,12H,4-7H2,1-3H3,(H2,11,14);8H,4-7H2,1-3H3,(H2,11,13);7-8,15H,4-6H2,1-3H3,(H2,11,13);7,10H,1-6H3;6H,1-5H3,(H2,9,11);6H,1-5H3,(H2,9,10);5H,1-4H3,(H3,8,9,11);4H,1-3H3,(H4,7,8,10)/b3*13-9+;13-8+;12-8+;12-7+;10-8?,11-7+;10-6+;11-6+;10-5+;9-4+. The molecule has 5 fully saturated rings. The number of hydrogen-bond donors (Lipinski definition) is 20. The summed E-state index contributed by atoms with van der Waals surface area (Å²) < 4.78 is 5.20. The Morgan fingerprint density at radius 1 is 0.353 bits per heavy atom. The lowest BCUT2D eigenvalue weighted by Crippen LogP contribution is -2.49. The number of nitrogens with one attached hydrogen (secondary N) is 13. The number of hydrogen-bond acceptors (Lipinski definition) is 27. The Balaban J connectivity index is -0.000000381. The molecule has 0 bridgehead atoms. The molecule has 49 heteroatoms. The fourth-order valence-electron chi connectivity index (χ4n) is 9.39. The van der Waals surface area contributed by atoms with Crippen molar-refractivity contribution in [2.75, 3.05) is 203 Å². The topological polar surface area (TPSA) is 650 Å². The summed E-state index contributed by atoms with van der Waals surface area (Å²) >= 11 is 0. The van der Waals surface area contributed by atoms with Crippen molar-refractivity contribution in [1.29, 1.82) is 32.5 Å². The number of piperidine rings is 1. The lowest BCUT2D eigenvalue weighted by Gasteiger charge is -2.32.